The summed E-state index contributed by atoms with van der Waals surface area (Å²) in [5.74, 6) is 1.10. The van der Waals surface area contributed by atoms with Crippen molar-refractivity contribution in [1.29, 1.82) is 0 Å². The predicted octanol–water partition coefficient (Wildman–Crippen LogP) is 4.22. The van der Waals surface area contributed by atoms with Gasteiger partial charge in [0.25, 0.3) is 0 Å². The summed E-state index contributed by atoms with van der Waals surface area (Å²) >= 11 is 0. The summed E-state index contributed by atoms with van der Waals surface area (Å²) in [6, 6.07) is 14.2. The van der Waals surface area contributed by atoms with Gasteiger partial charge in [0.2, 0.25) is 0 Å². The van der Waals surface area contributed by atoms with Crippen molar-refractivity contribution in [3.05, 3.63) is 58.8 Å². The van der Waals surface area contributed by atoms with Gasteiger partial charge in [-0.05, 0) is 42.8 Å². The monoisotopic (exact) mass is 309 g/mol. The zero-order chi connectivity index (χ0) is 16.2. The normalized spacial score (nSPS) is 10.8. The molecule has 4 nitrogen and oxygen atoms in total. The second-order valence-corrected chi connectivity index (χ2v) is 5.43. The lowest BCUT2D eigenvalue weighted by molar-refractivity contribution is 0.312. The largest absolute Gasteiger partial charge is 0.493 e. The Labute approximate surface area is 134 Å². The van der Waals surface area contributed by atoms with Gasteiger partial charge in [0.05, 0.1) is 6.61 Å². The summed E-state index contributed by atoms with van der Waals surface area (Å²) in [5, 5.41) is 0.489. The van der Waals surface area contributed by atoms with E-state index in [1.165, 1.54) is 6.07 Å². The molecule has 2 aromatic carbocycles. The highest BCUT2D eigenvalue weighted by Gasteiger charge is 2.11. The van der Waals surface area contributed by atoms with Crippen molar-refractivity contribution in [2.24, 2.45) is 0 Å². The van der Waals surface area contributed by atoms with Crippen molar-refractivity contribution in [3.63, 3.8) is 0 Å². The second-order valence-electron chi connectivity index (χ2n) is 5.43. The van der Waals surface area contributed by atoms with Gasteiger partial charge in [-0.1, -0.05) is 19.4 Å². The first-order chi connectivity index (χ1) is 11.2. The number of unbranched alkanes of at least 4 members (excludes halogenated alkanes) is 1. The van der Waals surface area contributed by atoms with E-state index in [4.69, 9.17) is 14.9 Å². The minimum absolute atomic E-state index is 0.106. The van der Waals surface area contributed by atoms with Gasteiger partial charge in [0.1, 0.15) is 22.5 Å². The maximum Gasteiger partial charge on any atom is 0.197 e. The molecule has 0 fully saturated rings. The van der Waals surface area contributed by atoms with Crippen LogP contribution in [0.3, 0.4) is 0 Å². The fraction of sp³-hybridized carbons (Fsp3) is 0.211. The van der Waals surface area contributed by atoms with E-state index in [9.17, 15) is 4.79 Å². The van der Waals surface area contributed by atoms with Crippen molar-refractivity contribution in [2.75, 3.05) is 12.3 Å². The molecule has 0 aliphatic rings. The van der Waals surface area contributed by atoms with Gasteiger partial charge in [0.15, 0.2) is 5.43 Å². The summed E-state index contributed by atoms with van der Waals surface area (Å²) in [7, 11) is 0. The minimum Gasteiger partial charge on any atom is -0.493 e. The third-order valence-corrected chi connectivity index (χ3v) is 3.67. The van der Waals surface area contributed by atoms with Crippen LogP contribution in [0.2, 0.25) is 0 Å². The van der Waals surface area contributed by atoms with Gasteiger partial charge in [-0.15, -0.1) is 0 Å². The Morgan fingerprint density at radius 2 is 1.91 bits per heavy atom. The summed E-state index contributed by atoms with van der Waals surface area (Å²) in [5.41, 5.74) is 7.60. The number of benzene rings is 2. The van der Waals surface area contributed by atoms with Crippen molar-refractivity contribution in [2.45, 2.75) is 19.8 Å². The third-order valence-electron chi connectivity index (χ3n) is 3.67. The molecule has 0 saturated heterocycles. The maximum absolute atomic E-state index is 12.5. The standard InChI is InChI=1S/C19H19NO3/c1-2-3-11-22-16-5-4-6-17-19(16)15(21)12-18(23-17)13-7-9-14(20)10-8-13/h4-10,12H,2-3,11,20H2,1H3. The topological polar surface area (TPSA) is 65.5 Å². The zero-order valence-electron chi connectivity index (χ0n) is 13.0. The number of nitrogen functional groups attached to an aromatic ring is 1. The van der Waals surface area contributed by atoms with Crippen LogP contribution in [0.15, 0.2) is 57.7 Å². The Bertz CT molecular complexity index is 866. The molecule has 4 heteroatoms. The summed E-state index contributed by atoms with van der Waals surface area (Å²) < 4.78 is 11.6. The smallest absolute Gasteiger partial charge is 0.197 e. The Morgan fingerprint density at radius 3 is 2.65 bits per heavy atom. The number of nitrogens with two attached hydrogens (primary N) is 1. The molecule has 0 atom stereocenters. The van der Waals surface area contributed by atoms with Crippen LogP contribution in [0.4, 0.5) is 5.69 Å². The first-order valence-electron chi connectivity index (χ1n) is 7.74. The lowest BCUT2D eigenvalue weighted by Gasteiger charge is -2.09. The Balaban J connectivity index is 2.05. The molecule has 0 aliphatic carbocycles. The molecule has 0 radical (unpaired) electrons. The highest BCUT2D eigenvalue weighted by Crippen LogP contribution is 2.27. The van der Waals surface area contributed by atoms with E-state index in [0.717, 1.165) is 18.4 Å². The maximum atomic E-state index is 12.5. The number of anilines is 1. The summed E-state index contributed by atoms with van der Waals surface area (Å²) in [4.78, 5) is 12.5. The van der Waals surface area contributed by atoms with Crippen molar-refractivity contribution >= 4 is 16.7 Å². The van der Waals surface area contributed by atoms with Crippen LogP contribution in [0, 0.1) is 0 Å². The highest BCUT2D eigenvalue weighted by atomic mass is 16.5. The van der Waals surface area contributed by atoms with Gasteiger partial charge in [-0.2, -0.15) is 0 Å². The molecule has 0 spiro atoms. The van der Waals surface area contributed by atoms with E-state index in [-0.39, 0.29) is 5.43 Å². The van der Waals surface area contributed by atoms with E-state index < -0.39 is 0 Å². The molecule has 0 amide bonds. The summed E-state index contributed by atoms with van der Waals surface area (Å²) in [6.45, 7) is 2.69. The first kappa shape index (κ1) is 15.2. The van der Waals surface area contributed by atoms with Gasteiger partial charge < -0.3 is 14.9 Å². The first-order valence-corrected chi connectivity index (χ1v) is 7.74. The van der Waals surface area contributed by atoms with Crippen molar-refractivity contribution in [3.8, 4) is 17.1 Å². The average molecular weight is 309 g/mol. The number of rotatable bonds is 5. The lowest BCUT2D eigenvalue weighted by atomic mass is 10.1. The highest BCUT2D eigenvalue weighted by molar-refractivity contribution is 5.84. The molecule has 3 rings (SSSR count). The average Bonchev–Trinajstić information content (AvgIpc) is 2.55. The fourth-order valence-electron chi connectivity index (χ4n) is 2.41. The zero-order valence-corrected chi connectivity index (χ0v) is 13.0. The molecule has 0 unspecified atom stereocenters. The van der Waals surface area contributed by atoms with Gasteiger partial charge in [-0.3, -0.25) is 4.79 Å². The van der Waals surface area contributed by atoms with Crippen LogP contribution in [0.25, 0.3) is 22.3 Å². The van der Waals surface area contributed by atoms with Crippen molar-refractivity contribution in [1.82, 2.24) is 0 Å². The molecular weight excluding hydrogens is 290 g/mol. The van der Waals surface area contributed by atoms with Crippen LogP contribution >= 0.6 is 0 Å². The Kier molecular flexibility index (Phi) is 4.33. The number of fused-ring (bicyclic) bond motifs is 1. The fourth-order valence-corrected chi connectivity index (χ4v) is 2.41. The molecule has 118 valence electrons. The molecule has 23 heavy (non-hydrogen) atoms. The Hall–Kier alpha value is -2.75. The van der Waals surface area contributed by atoms with Gasteiger partial charge >= 0.3 is 0 Å². The van der Waals surface area contributed by atoms with Crippen LogP contribution in [0.1, 0.15) is 19.8 Å². The van der Waals surface area contributed by atoms with Crippen LogP contribution in [0.5, 0.6) is 5.75 Å². The van der Waals surface area contributed by atoms with Gasteiger partial charge in [0, 0.05) is 17.3 Å². The quantitative estimate of drug-likeness (QED) is 0.566. The van der Waals surface area contributed by atoms with Crippen molar-refractivity contribution < 1.29 is 9.15 Å². The second kappa shape index (κ2) is 6.57. The van der Waals surface area contributed by atoms with E-state index >= 15 is 0 Å². The van der Waals surface area contributed by atoms with Crippen LogP contribution < -0.4 is 15.9 Å². The predicted molar refractivity (Wildman–Crippen MR) is 92.7 cm³/mol. The molecule has 1 aromatic heterocycles. The Morgan fingerprint density at radius 1 is 1.13 bits per heavy atom. The molecule has 1 heterocycles. The number of hydrogen-bond acceptors (Lipinski definition) is 4. The van der Waals surface area contributed by atoms with E-state index in [0.29, 0.717) is 34.8 Å². The summed E-state index contributed by atoms with van der Waals surface area (Å²) in [6.07, 6.45) is 1.99. The van der Waals surface area contributed by atoms with E-state index in [1.807, 2.05) is 18.2 Å². The molecule has 0 aliphatic heterocycles. The van der Waals surface area contributed by atoms with E-state index in [1.54, 1.807) is 24.3 Å². The SMILES string of the molecule is CCCCOc1cccc2oc(-c3ccc(N)cc3)cc(=O)c12. The molecule has 0 bridgehead atoms. The third kappa shape index (κ3) is 3.21. The molecule has 3 aromatic rings. The minimum atomic E-state index is -0.106. The van der Waals surface area contributed by atoms with E-state index in [2.05, 4.69) is 6.92 Å². The number of hydrogen-bond donors (Lipinski definition) is 1. The molecular formula is C19H19NO3. The number of ether oxygens (including phenoxy) is 1. The molecule has 2 N–H and O–H groups in total. The van der Waals surface area contributed by atoms with Crippen LogP contribution in [-0.4, -0.2) is 6.61 Å². The van der Waals surface area contributed by atoms with Crippen LogP contribution in [-0.2, 0) is 0 Å². The van der Waals surface area contributed by atoms with Gasteiger partial charge in [-0.25, -0.2) is 0 Å². The molecule has 0 saturated carbocycles. The lowest BCUT2D eigenvalue weighted by Crippen LogP contribution is -2.05.